The largest absolute Gasteiger partial charge is 0.390 e. The summed E-state index contributed by atoms with van der Waals surface area (Å²) in [4.78, 5) is 14.6. The van der Waals surface area contributed by atoms with Gasteiger partial charge in [-0.1, -0.05) is 0 Å². The smallest absolute Gasteiger partial charge is 0.226 e. The van der Waals surface area contributed by atoms with Crippen molar-refractivity contribution in [3.8, 4) is 0 Å². The van der Waals surface area contributed by atoms with Crippen molar-refractivity contribution >= 4 is 5.91 Å². The number of carbonyl (C=O) groups is 1. The second-order valence-electron chi connectivity index (χ2n) is 6.32. The number of hydrogen-bond acceptors (Lipinski definition) is 5. The molecule has 1 amide bonds. The second-order valence-corrected chi connectivity index (χ2v) is 6.32. The lowest BCUT2D eigenvalue weighted by Gasteiger charge is -2.46. The van der Waals surface area contributed by atoms with Gasteiger partial charge in [0.15, 0.2) is 0 Å². The van der Waals surface area contributed by atoms with Crippen LogP contribution in [0.5, 0.6) is 0 Å². The molecule has 0 unspecified atom stereocenters. The fourth-order valence-corrected chi connectivity index (χ4v) is 3.47. The molecule has 3 N–H and O–H groups in total. The Kier molecular flexibility index (Phi) is 4.20. The number of carbonyl (C=O) groups excluding carboxylic acids is 1. The van der Waals surface area contributed by atoms with Crippen LogP contribution in [-0.4, -0.2) is 51.5 Å². The standard InChI is InChI=1S/C15H24N4O3/c1-22-15(10-16)6-11(7-15)14(21)18-3-2-4-19-13(8-18)5-12(9-20)17-19/h5,11,20H,2-4,6-10,16H2,1H3. The van der Waals surface area contributed by atoms with Gasteiger partial charge in [0.05, 0.1) is 30.1 Å². The zero-order chi connectivity index (χ0) is 15.7. The van der Waals surface area contributed by atoms with E-state index in [9.17, 15) is 9.90 Å². The maximum atomic E-state index is 12.7. The molecule has 1 fully saturated rings. The van der Waals surface area contributed by atoms with Crippen molar-refractivity contribution in [1.29, 1.82) is 0 Å². The molecule has 3 rings (SSSR count). The Hall–Kier alpha value is -1.44. The van der Waals surface area contributed by atoms with E-state index in [-0.39, 0.29) is 24.0 Å². The number of aliphatic hydroxyl groups excluding tert-OH is 1. The third-order valence-electron chi connectivity index (χ3n) is 4.93. The summed E-state index contributed by atoms with van der Waals surface area (Å²) in [5.41, 5.74) is 7.09. The van der Waals surface area contributed by atoms with Gasteiger partial charge in [-0.25, -0.2) is 0 Å². The van der Waals surface area contributed by atoms with Crippen LogP contribution in [0.2, 0.25) is 0 Å². The highest BCUT2D eigenvalue weighted by Crippen LogP contribution is 2.41. The fraction of sp³-hybridized carbons (Fsp3) is 0.733. The molecule has 1 aromatic rings. The van der Waals surface area contributed by atoms with Gasteiger partial charge in [0.1, 0.15) is 0 Å². The number of fused-ring (bicyclic) bond motifs is 1. The molecule has 122 valence electrons. The van der Waals surface area contributed by atoms with Crippen molar-refractivity contribution in [2.75, 3.05) is 20.2 Å². The lowest BCUT2D eigenvalue weighted by Crippen LogP contribution is -2.55. The third kappa shape index (κ3) is 2.64. The zero-order valence-electron chi connectivity index (χ0n) is 13.0. The van der Waals surface area contributed by atoms with Gasteiger partial charge in [0.25, 0.3) is 0 Å². The lowest BCUT2D eigenvalue weighted by atomic mass is 9.70. The number of ether oxygens (including phenoxy) is 1. The summed E-state index contributed by atoms with van der Waals surface area (Å²) in [6.07, 6.45) is 2.29. The number of aryl methyl sites for hydroxylation is 1. The first kappa shape index (κ1) is 15.5. The Bertz CT molecular complexity index is 545. The monoisotopic (exact) mass is 308 g/mol. The van der Waals surface area contributed by atoms with Crippen molar-refractivity contribution in [3.05, 3.63) is 17.5 Å². The first-order valence-corrected chi connectivity index (χ1v) is 7.81. The molecule has 1 aromatic heterocycles. The van der Waals surface area contributed by atoms with Crippen LogP contribution >= 0.6 is 0 Å². The van der Waals surface area contributed by atoms with E-state index in [2.05, 4.69) is 5.10 Å². The molecule has 1 aliphatic heterocycles. The van der Waals surface area contributed by atoms with Gasteiger partial charge in [-0.3, -0.25) is 9.48 Å². The summed E-state index contributed by atoms with van der Waals surface area (Å²) in [5, 5.41) is 13.5. The molecule has 2 heterocycles. The topological polar surface area (TPSA) is 93.6 Å². The van der Waals surface area contributed by atoms with Crippen LogP contribution in [-0.2, 0) is 29.2 Å². The van der Waals surface area contributed by atoms with Crippen molar-refractivity contribution in [1.82, 2.24) is 14.7 Å². The quantitative estimate of drug-likeness (QED) is 0.807. The van der Waals surface area contributed by atoms with Crippen molar-refractivity contribution in [3.63, 3.8) is 0 Å². The Labute approximate surface area is 130 Å². The number of nitrogens with zero attached hydrogens (tertiary/aromatic N) is 3. The summed E-state index contributed by atoms with van der Waals surface area (Å²) >= 11 is 0. The van der Waals surface area contributed by atoms with E-state index in [0.29, 0.717) is 31.6 Å². The molecule has 0 aromatic carbocycles. The number of hydrogen-bond donors (Lipinski definition) is 2. The minimum Gasteiger partial charge on any atom is -0.390 e. The number of aliphatic hydroxyl groups is 1. The van der Waals surface area contributed by atoms with Crippen LogP contribution in [0.4, 0.5) is 0 Å². The normalized spacial score (nSPS) is 28.0. The molecule has 0 saturated heterocycles. The van der Waals surface area contributed by atoms with Crippen LogP contribution in [0, 0.1) is 5.92 Å². The third-order valence-corrected chi connectivity index (χ3v) is 4.93. The summed E-state index contributed by atoms with van der Waals surface area (Å²) in [7, 11) is 1.66. The average Bonchev–Trinajstić information content (AvgIpc) is 2.78. The van der Waals surface area contributed by atoms with Crippen molar-refractivity contribution in [2.24, 2.45) is 11.7 Å². The fourth-order valence-electron chi connectivity index (χ4n) is 3.47. The van der Waals surface area contributed by atoms with Crippen LogP contribution < -0.4 is 5.73 Å². The summed E-state index contributed by atoms with van der Waals surface area (Å²) in [6, 6.07) is 1.88. The molecule has 7 nitrogen and oxygen atoms in total. The minimum absolute atomic E-state index is 0.00952. The van der Waals surface area contributed by atoms with Crippen LogP contribution in [0.1, 0.15) is 30.7 Å². The lowest BCUT2D eigenvalue weighted by molar-refractivity contribution is -0.155. The van der Waals surface area contributed by atoms with Gasteiger partial charge >= 0.3 is 0 Å². The minimum atomic E-state index is -0.308. The number of rotatable bonds is 4. The Morgan fingerprint density at radius 2 is 2.32 bits per heavy atom. The van der Waals surface area contributed by atoms with Gasteiger partial charge in [-0.05, 0) is 25.3 Å². The molecule has 0 radical (unpaired) electrons. The predicted molar refractivity (Wildman–Crippen MR) is 79.7 cm³/mol. The molecular formula is C15H24N4O3. The second kappa shape index (κ2) is 5.98. The van der Waals surface area contributed by atoms with Gasteiger partial charge < -0.3 is 20.5 Å². The van der Waals surface area contributed by atoms with E-state index in [1.807, 2.05) is 15.6 Å². The number of amides is 1. The Morgan fingerprint density at radius 3 is 2.95 bits per heavy atom. The summed E-state index contributed by atoms with van der Waals surface area (Å²) < 4.78 is 7.35. The molecule has 1 aliphatic carbocycles. The molecular weight excluding hydrogens is 284 g/mol. The molecule has 7 heteroatoms. The van der Waals surface area contributed by atoms with Gasteiger partial charge in [0.2, 0.25) is 5.91 Å². The molecule has 0 bridgehead atoms. The Morgan fingerprint density at radius 1 is 1.55 bits per heavy atom. The predicted octanol–water partition coefficient (Wildman–Crippen LogP) is -0.138. The number of nitrogens with two attached hydrogens (primary N) is 1. The van der Waals surface area contributed by atoms with Crippen LogP contribution in [0.15, 0.2) is 6.07 Å². The van der Waals surface area contributed by atoms with Crippen LogP contribution in [0.25, 0.3) is 0 Å². The number of aromatic nitrogens is 2. The molecule has 0 spiro atoms. The SMILES string of the molecule is COC1(CN)CC(C(=O)N2CCCn3nc(CO)cc3C2)C1. The summed E-state index contributed by atoms with van der Waals surface area (Å²) in [5.74, 6) is 0.191. The first-order valence-electron chi connectivity index (χ1n) is 7.81. The highest BCUT2D eigenvalue weighted by atomic mass is 16.5. The van der Waals surface area contributed by atoms with Gasteiger partial charge in [-0.15, -0.1) is 0 Å². The van der Waals surface area contributed by atoms with E-state index in [0.717, 1.165) is 25.2 Å². The average molecular weight is 308 g/mol. The van der Waals surface area contributed by atoms with Crippen molar-refractivity contribution < 1.29 is 14.6 Å². The van der Waals surface area contributed by atoms with E-state index < -0.39 is 0 Å². The van der Waals surface area contributed by atoms with E-state index in [1.165, 1.54) is 0 Å². The van der Waals surface area contributed by atoms with E-state index >= 15 is 0 Å². The first-order chi connectivity index (χ1) is 10.6. The summed E-state index contributed by atoms with van der Waals surface area (Å²) in [6.45, 7) is 2.48. The molecule has 2 aliphatic rings. The maximum absolute atomic E-state index is 12.7. The van der Waals surface area contributed by atoms with Gasteiger partial charge in [0, 0.05) is 32.7 Å². The van der Waals surface area contributed by atoms with Crippen molar-refractivity contribution in [2.45, 2.75) is 44.6 Å². The number of methoxy groups -OCH3 is 1. The highest BCUT2D eigenvalue weighted by Gasteiger charge is 2.48. The van der Waals surface area contributed by atoms with Gasteiger partial charge in [-0.2, -0.15) is 5.10 Å². The van der Waals surface area contributed by atoms with Crippen LogP contribution in [0.3, 0.4) is 0 Å². The van der Waals surface area contributed by atoms with E-state index in [4.69, 9.17) is 10.5 Å². The molecule has 0 atom stereocenters. The van der Waals surface area contributed by atoms with E-state index in [1.54, 1.807) is 7.11 Å². The maximum Gasteiger partial charge on any atom is 0.226 e. The highest BCUT2D eigenvalue weighted by molar-refractivity contribution is 5.80. The molecule has 1 saturated carbocycles. The zero-order valence-corrected chi connectivity index (χ0v) is 13.0. The Balaban J connectivity index is 1.66. The molecule has 22 heavy (non-hydrogen) atoms.